The van der Waals surface area contributed by atoms with E-state index in [0.717, 1.165) is 4.70 Å². The van der Waals surface area contributed by atoms with Crippen LogP contribution in [0, 0.1) is 17.0 Å². The predicted molar refractivity (Wildman–Crippen MR) is 78.6 cm³/mol. The Balaban J connectivity index is 2.11. The van der Waals surface area contributed by atoms with Crippen molar-refractivity contribution < 1.29 is 14.2 Å². The summed E-state index contributed by atoms with van der Waals surface area (Å²) in [7, 11) is 1.70. The first-order valence-electron chi connectivity index (χ1n) is 6.22. The van der Waals surface area contributed by atoms with Gasteiger partial charge in [0.25, 0.3) is 5.69 Å². The number of carbonyl (C=O) groups is 1. The lowest BCUT2D eigenvalue weighted by Crippen LogP contribution is -2.13. The normalized spacial score (nSPS) is 12.0. The Labute approximate surface area is 127 Å². The summed E-state index contributed by atoms with van der Waals surface area (Å²) in [5, 5.41) is 14.5. The number of nitrogens with zero attached hydrogens (tertiary/aromatic N) is 4. The number of hydrogen-bond acceptors (Lipinski definition) is 6. The smallest absolute Gasteiger partial charge is 0.301 e. The number of aryl methyl sites for hydroxylation is 2. The maximum Gasteiger partial charge on any atom is 0.301 e. The number of non-ortho nitro benzene ring substituents is 1. The second kappa shape index (κ2) is 5.19. The molecule has 0 saturated heterocycles. The first kappa shape index (κ1) is 14.1. The first-order valence-corrected chi connectivity index (χ1v) is 7.03. The van der Waals surface area contributed by atoms with Crippen molar-refractivity contribution >= 4 is 33.1 Å². The largest absolute Gasteiger partial charge is 0.361 e. The van der Waals surface area contributed by atoms with E-state index < -0.39 is 10.8 Å². The Bertz CT molecular complexity index is 966. The van der Waals surface area contributed by atoms with Gasteiger partial charge in [-0.3, -0.25) is 14.9 Å². The van der Waals surface area contributed by atoms with Gasteiger partial charge in [0.2, 0.25) is 0 Å². The van der Waals surface area contributed by atoms with E-state index in [9.17, 15) is 14.9 Å². The van der Waals surface area contributed by atoms with E-state index in [1.807, 2.05) is 0 Å². The van der Waals surface area contributed by atoms with Gasteiger partial charge in [0.05, 0.1) is 15.1 Å². The van der Waals surface area contributed by atoms with Gasteiger partial charge in [-0.1, -0.05) is 16.5 Å². The molecule has 0 saturated carbocycles. The SMILES string of the molecule is Cc1cc(C(=O)N=c2sc3ccc([N+](=O)[O-])cc3n2C)no1. The molecule has 0 aliphatic rings. The number of aromatic nitrogens is 2. The Kier molecular flexibility index (Phi) is 3.33. The molecule has 0 aliphatic carbocycles. The number of nitro benzene ring substituents is 1. The summed E-state index contributed by atoms with van der Waals surface area (Å²) in [5.74, 6) is 0.00314. The highest BCUT2D eigenvalue weighted by Gasteiger charge is 2.13. The van der Waals surface area contributed by atoms with Crippen LogP contribution in [0.2, 0.25) is 0 Å². The highest BCUT2D eigenvalue weighted by Crippen LogP contribution is 2.22. The second-order valence-corrected chi connectivity index (χ2v) is 5.60. The lowest BCUT2D eigenvalue weighted by molar-refractivity contribution is -0.384. The van der Waals surface area contributed by atoms with Crippen LogP contribution < -0.4 is 4.80 Å². The van der Waals surface area contributed by atoms with Crippen LogP contribution in [0.15, 0.2) is 33.8 Å². The molecule has 2 heterocycles. The number of amides is 1. The second-order valence-electron chi connectivity index (χ2n) is 4.59. The fourth-order valence-electron chi connectivity index (χ4n) is 1.95. The van der Waals surface area contributed by atoms with Gasteiger partial charge in [0.15, 0.2) is 10.5 Å². The summed E-state index contributed by atoms with van der Waals surface area (Å²) in [6.07, 6.45) is 0. The quantitative estimate of drug-likeness (QED) is 0.532. The van der Waals surface area contributed by atoms with Crippen LogP contribution >= 0.6 is 11.3 Å². The zero-order valence-electron chi connectivity index (χ0n) is 11.6. The maximum absolute atomic E-state index is 12.0. The van der Waals surface area contributed by atoms with E-state index in [1.54, 1.807) is 24.6 Å². The van der Waals surface area contributed by atoms with Crippen LogP contribution in [-0.4, -0.2) is 20.6 Å². The number of carbonyl (C=O) groups excluding carboxylic acids is 1. The molecule has 0 spiro atoms. The first-order chi connectivity index (χ1) is 10.5. The number of hydrogen-bond donors (Lipinski definition) is 0. The summed E-state index contributed by atoms with van der Waals surface area (Å²) in [6.45, 7) is 1.68. The molecule has 1 amide bonds. The Morgan fingerprint density at radius 1 is 1.45 bits per heavy atom. The number of nitro groups is 1. The summed E-state index contributed by atoms with van der Waals surface area (Å²) < 4.78 is 7.28. The Hall–Kier alpha value is -2.81. The fourth-order valence-corrected chi connectivity index (χ4v) is 2.94. The van der Waals surface area contributed by atoms with Crippen molar-refractivity contribution in [3.05, 3.63) is 50.6 Å². The molecule has 22 heavy (non-hydrogen) atoms. The maximum atomic E-state index is 12.0. The molecule has 0 aliphatic heterocycles. The lowest BCUT2D eigenvalue weighted by atomic mass is 10.3. The molecule has 2 aromatic heterocycles. The third kappa shape index (κ3) is 2.42. The molecule has 0 radical (unpaired) electrons. The third-order valence-electron chi connectivity index (χ3n) is 3.05. The average molecular weight is 318 g/mol. The van der Waals surface area contributed by atoms with E-state index in [-0.39, 0.29) is 11.4 Å². The molecule has 3 rings (SSSR count). The Morgan fingerprint density at radius 2 is 2.23 bits per heavy atom. The predicted octanol–water partition coefficient (Wildman–Crippen LogP) is 2.19. The lowest BCUT2D eigenvalue weighted by Gasteiger charge is -1.95. The molecule has 0 fully saturated rings. The van der Waals surface area contributed by atoms with Gasteiger partial charge < -0.3 is 9.09 Å². The molecule has 0 bridgehead atoms. The van der Waals surface area contributed by atoms with Crippen LogP contribution in [0.3, 0.4) is 0 Å². The molecule has 0 atom stereocenters. The van der Waals surface area contributed by atoms with Gasteiger partial charge in [-0.15, -0.1) is 0 Å². The molecular formula is C13H10N4O4S. The summed E-state index contributed by atoms with van der Waals surface area (Å²) in [5.41, 5.74) is 0.758. The van der Waals surface area contributed by atoms with Crippen molar-refractivity contribution in [2.24, 2.45) is 12.0 Å². The molecule has 8 nitrogen and oxygen atoms in total. The van der Waals surface area contributed by atoms with Gasteiger partial charge >= 0.3 is 5.91 Å². The van der Waals surface area contributed by atoms with Gasteiger partial charge in [0, 0.05) is 25.2 Å². The minimum absolute atomic E-state index is 0.00842. The van der Waals surface area contributed by atoms with E-state index in [1.165, 1.54) is 29.5 Å². The average Bonchev–Trinajstić information content (AvgIpc) is 3.04. The van der Waals surface area contributed by atoms with Crippen LogP contribution in [-0.2, 0) is 7.05 Å². The van der Waals surface area contributed by atoms with E-state index in [2.05, 4.69) is 10.1 Å². The van der Waals surface area contributed by atoms with E-state index in [0.29, 0.717) is 16.1 Å². The van der Waals surface area contributed by atoms with Crippen molar-refractivity contribution in [2.45, 2.75) is 6.92 Å². The Morgan fingerprint density at radius 3 is 2.86 bits per heavy atom. The van der Waals surface area contributed by atoms with Crippen molar-refractivity contribution in [3.63, 3.8) is 0 Å². The summed E-state index contributed by atoms with van der Waals surface area (Å²) >= 11 is 1.27. The van der Waals surface area contributed by atoms with Crippen molar-refractivity contribution in [3.8, 4) is 0 Å². The molecule has 0 N–H and O–H groups in total. The van der Waals surface area contributed by atoms with Gasteiger partial charge in [0.1, 0.15) is 5.76 Å². The fraction of sp³-hybridized carbons (Fsp3) is 0.154. The number of fused-ring (bicyclic) bond motifs is 1. The zero-order chi connectivity index (χ0) is 15.9. The molecular weight excluding hydrogens is 308 g/mol. The molecule has 9 heteroatoms. The third-order valence-corrected chi connectivity index (χ3v) is 4.16. The van der Waals surface area contributed by atoms with Crippen LogP contribution in [0.25, 0.3) is 10.2 Å². The van der Waals surface area contributed by atoms with Crippen LogP contribution in [0.1, 0.15) is 16.2 Å². The van der Waals surface area contributed by atoms with Crippen LogP contribution in [0.4, 0.5) is 5.69 Å². The van der Waals surface area contributed by atoms with E-state index >= 15 is 0 Å². The van der Waals surface area contributed by atoms with Crippen LogP contribution in [0.5, 0.6) is 0 Å². The standard InChI is InChI=1S/C13H10N4O4S/c1-7-5-9(15-21-7)12(18)14-13-16(2)10-6-8(17(19)20)3-4-11(10)22-13/h3-6H,1-2H3. The minimum Gasteiger partial charge on any atom is -0.361 e. The highest BCUT2D eigenvalue weighted by molar-refractivity contribution is 7.16. The minimum atomic E-state index is -0.520. The van der Waals surface area contributed by atoms with Crippen molar-refractivity contribution in [1.29, 1.82) is 0 Å². The van der Waals surface area contributed by atoms with Gasteiger partial charge in [-0.05, 0) is 13.0 Å². The number of rotatable bonds is 2. The van der Waals surface area contributed by atoms with Crippen molar-refractivity contribution in [1.82, 2.24) is 9.72 Å². The van der Waals surface area contributed by atoms with Gasteiger partial charge in [-0.25, -0.2) is 0 Å². The molecule has 1 aromatic carbocycles. The summed E-state index contributed by atoms with van der Waals surface area (Å²) in [6, 6.07) is 6.02. The molecule has 3 aromatic rings. The number of thiazole rings is 1. The van der Waals surface area contributed by atoms with E-state index in [4.69, 9.17) is 4.52 Å². The summed E-state index contributed by atoms with van der Waals surface area (Å²) in [4.78, 5) is 26.8. The highest BCUT2D eigenvalue weighted by atomic mass is 32.1. The monoisotopic (exact) mass is 318 g/mol. The molecule has 112 valence electrons. The molecule has 0 unspecified atom stereocenters. The number of benzene rings is 1. The van der Waals surface area contributed by atoms with Gasteiger partial charge in [-0.2, -0.15) is 4.99 Å². The topological polar surface area (TPSA) is 104 Å². The van der Waals surface area contributed by atoms with Crippen molar-refractivity contribution in [2.75, 3.05) is 0 Å². The zero-order valence-corrected chi connectivity index (χ0v) is 12.5.